The van der Waals surface area contributed by atoms with Crippen LogP contribution in [0.5, 0.6) is 0 Å². The maximum absolute atomic E-state index is 2.49. The lowest BCUT2D eigenvalue weighted by molar-refractivity contribution is 1.28. The molecule has 0 spiro atoms. The van der Waals surface area contributed by atoms with E-state index in [0.29, 0.717) is 0 Å². The lowest BCUT2D eigenvalue weighted by Gasteiger charge is -2.29. The van der Waals surface area contributed by atoms with Crippen LogP contribution >= 0.6 is 0 Å². The first-order valence-corrected chi connectivity index (χ1v) is 24.2. The summed E-state index contributed by atoms with van der Waals surface area (Å²) in [4.78, 5) is 4.84. The Labute approximate surface area is 408 Å². The van der Waals surface area contributed by atoms with E-state index >= 15 is 0 Å². The van der Waals surface area contributed by atoms with Gasteiger partial charge in [0.1, 0.15) is 0 Å². The van der Waals surface area contributed by atoms with Crippen LogP contribution in [0.25, 0.3) is 99.4 Å². The molecule has 12 aromatic rings. The highest BCUT2D eigenvalue weighted by atomic mass is 15.1. The number of anilines is 6. The molecule has 2 aliphatic carbocycles. The minimum absolute atomic E-state index is 1.09. The molecule has 0 fully saturated rings. The predicted molar refractivity (Wildman–Crippen MR) is 296 cm³/mol. The zero-order chi connectivity index (χ0) is 46.1. The van der Waals surface area contributed by atoms with Crippen LogP contribution in [-0.4, -0.2) is 0 Å². The molecule has 0 saturated carbocycles. The van der Waals surface area contributed by atoms with Gasteiger partial charge < -0.3 is 9.80 Å². The highest BCUT2D eigenvalue weighted by Gasteiger charge is 2.28. The first-order valence-electron chi connectivity index (χ1n) is 24.2. The van der Waals surface area contributed by atoms with Crippen molar-refractivity contribution in [2.75, 3.05) is 9.80 Å². The molecule has 0 aromatic heterocycles. The fourth-order valence-corrected chi connectivity index (χ4v) is 11.3. The third-order valence-electron chi connectivity index (χ3n) is 14.6. The number of rotatable bonds is 9. The Balaban J connectivity index is 0.858. The van der Waals surface area contributed by atoms with Crippen LogP contribution in [0.3, 0.4) is 0 Å². The van der Waals surface area contributed by atoms with Crippen LogP contribution in [0.15, 0.2) is 267 Å². The Morgan fingerprint density at radius 2 is 0.443 bits per heavy atom. The third-order valence-corrected chi connectivity index (χ3v) is 14.6. The fourth-order valence-electron chi connectivity index (χ4n) is 11.3. The van der Waals surface area contributed by atoms with Crippen LogP contribution in [0.4, 0.5) is 34.1 Å². The largest absolute Gasteiger partial charge is 0.311 e. The Bertz CT molecular complexity index is 3670. The summed E-state index contributed by atoms with van der Waals surface area (Å²) in [5.41, 5.74) is 24.2. The summed E-state index contributed by atoms with van der Waals surface area (Å²) >= 11 is 0. The maximum Gasteiger partial charge on any atom is 0.0540 e. The van der Waals surface area contributed by atoms with Crippen LogP contribution in [0.2, 0.25) is 0 Å². The first-order chi connectivity index (χ1) is 34.7. The van der Waals surface area contributed by atoms with Crippen molar-refractivity contribution in [1.29, 1.82) is 0 Å². The number of benzene rings is 12. The first kappa shape index (κ1) is 39.9. The molecular formula is C68H44N2. The van der Waals surface area contributed by atoms with Gasteiger partial charge in [0.15, 0.2) is 0 Å². The summed E-state index contributed by atoms with van der Waals surface area (Å²) in [6.07, 6.45) is 0. The van der Waals surface area contributed by atoms with Crippen molar-refractivity contribution in [2.45, 2.75) is 0 Å². The summed E-state index contributed by atoms with van der Waals surface area (Å²) in [6.45, 7) is 0. The fraction of sp³-hybridized carbons (Fsp3) is 0. The summed E-state index contributed by atoms with van der Waals surface area (Å²) in [6, 6.07) is 97.8. The number of hydrogen-bond acceptors (Lipinski definition) is 2. The molecule has 0 unspecified atom stereocenters. The molecule has 0 aliphatic heterocycles. The van der Waals surface area contributed by atoms with Crippen LogP contribution in [0.1, 0.15) is 0 Å². The van der Waals surface area contributed by atoms with E-state index < -0.39 is 0 Å². The average Bonchev–Trinajstić information content (AvgIpc) is 3.95. The molecule has 14 rings (SSSR count). The number of hydrogen-bond donors (Lipinski definition) is 0. The quantitative estimate of drug-likeness (QED) is 0.142. The average molecular weight is 889 g/mol. The van der Waals surface area contributed by atoms with Crippen molar-refractivity contribution in [1.82, 2.24) is 0 Å². The Hall–Kier alpha value is -9.24. The lowest BCUT2D eigenvalue weighted by atomic mass is 9.97. The second kappa shape index (κ2) is 16.2. The van der Waals surface area contributed by atoms with E-state index in [2.05, 4.69) is 277 Å². The van der Waals surface area contributed by atoms with Crippen molar-refractivity contribution >= 4 is 55.7 Å². The monoisotopic (exact) mass is 888 g/mol. The predicted octanol–water partition coefficient (Wildman–Crippen LogP) is 19.2. The van der Waals surface area contributed by atoms with Gasteiger partial charge >= 0.3 is 0 Å². The molecule has 326 valence electrons. The van der Waals surface area contributed by atoms with E-state index in [1.165, 1.54) is 88.3 Å². The van der Waals surface area contributed by atoms with E-state index in [4.69, 9.17) is 0 Å². The van der Waals surface area contributed by atoms with Crippen LogP contribution in [0, 0.1) is 0 Å². The van der Waals surface area contributed by atoms with Gasteiger partial charge in [-0.2, -0.15) is 0 Å². The van der Waals surface area contributed by atoms with Gasteiger partial charge in [0.25, 0.3) is 0 Å². The van der Waals surface area contributed by atoms with Crippen LogP contribution < -0.4 is 9.80 Å². The Morgan fingerprint density at radius 3 is 0.786 bits per heavy atom. The van der Waals surface area contributed by atoms with Gasteiger partial charge in [0, 0.05) is 33.5 Å². The third kappa shape index (κ3) is 6.42. The normalized spacial score (nSPS) is 11.7. The lowest BCUT2D eigenvalue weighted by Crippen LogP contribution is -2.11. The SMILES string of the molecule is c1ccc(-c2ccc(N(c3ccc(-c4ccccc4)cc3)c3ccc(-c4ccc(N(c5ccc6c7c(cccc57)-c5ccccc5-6)c5ccc6c7c(cccc57)-c5ccccc5-6)cc4)cc3)cc2)cc1. The zero-order valence-electron chi connectivity index (χ0n) is 38.3. The molecule has 0 N–H and O–H groups in total. The molecule has 0 amide bonds. The van der Waals surface area contributed by atoms with Crippen molar-refractivity contribution in [3.05, 3.63) is 267 Å². The molecular weight excluding hydrogens is 845 g/mol. The van der Waals surface area contributed by atoms with E-state index in [-0.39, 0.29) is 0 Å². The zero-order valence-corrected chi connectivity index (χ0v) is 38.3. The van der Waals surface area contributed by atoms with E-state index in [1.54, 1.807) is 0 Å². The molecule has 0 atom stereocenters. The second-order valence-electron chi connectivity index (χ2n) is 18.4. The summed E-state index contributed by atoms with van der Waals surface area (Å²) in [5.74, 6) is 0. The van der Waals surface area contributed by atoms with Crippen molar-refractivity contribution < 1.29 is 0 Å². The van der Waals surface area contributed by atoms with Gasteiger partial charge in [-0.25, -0.2) is 0 Å². The van der Waals surface area contributed by atoms with Gasteiger partial charge in [0.2, 0.25) is 0 Å². The standard InChI is InChI=1S/C68H44N2/c1-3-13-45(14-4-1)47-25-33-51(34-26-47)69(52-35-27-48(28-36-52)46-15-5-2-6-16-46)53-37-29-49(30-38-53)50-31-39-54(40-32-50)70(65-43-41-61-57-19-9-7-17-55(57)59-21-11-23-63(65)67(59)61)66-44-42-62-58-20-10-8-18-56(58)60-22-12-24-64(66)68(60)62/h1-44H. The highest BCUT2D eigenvalue weighted by Crippen LogP contribution is 2.54. The Kier molecular flexibility index (Phi) is 9.25. The molecule has 2 nitrogen and oxygen atoms in total. The van der Waals surface area contributed by atoms with E-state index in [1.807, 2.05) is 0 Å². The molecule has 2 aliphatic rings. The van der Waals surface area contributed by atoms with E-state index in [0.717, 1.165) is 45.3 Å². The maximum atomic E-state index is 2.49. The van der Waals surface area contributed by atoms with E-state index in [9.17, 15) is 0 Å². The number of nitrogens with zero attached hydrogens (tertiary/aromatic N) is 2. The molecule has 0 bridgehead atoms. The molecule has 0 radical (unpaired) electrons. The number of fused-ring (bicyclic) bond motifs is 6. The van der Waals surface area contributed by atoms with Crippen LogP contribution in [-0.2, 0) is 0 Å². The minimum atomic E-state index is 1.09. The van der Waals surface area contributed by atoms with Crippen molar-refractivity contribution in [2.24, 2.45) is 0 Å². The molecule has 70 heavy (non-hydrogen) atoms. The van der Waals surface area contributed by atoms with Gasteiger partial charge in [-0.05, 0) is 149 Å². The molecule has 0 heterocycles. The van der Waals surface area contributed by atoms with Gasteiger partial charge in [-0.1, -0.05) is 206 Å². The molecule has 2 heteroatoms. The minimum Gasteiger partial charge on any atom is -0.311 e. The highest BCUT2D eigenvalue weighted by molar-refractivity contribution is 6.22. The molecule has 12 aromatic carbocycles. The Morgan fingerprint density at radius 1 is 0.171 bits per heavy atom. The van der Waals surface area contributed by atoms with Crippen molar-refractivity contribution in [3.63, 3.8) is 0 Å². The second-order valence-corrected chi connectivity index (χ2v) is 18.4. The van der Waals surface area contributed by atoms with Crippen molar-refractivity contribution in [3.8, 4) is 77.9 Å². The summed E-state index contributed by atoms with van der Waals surface area (Å²) in [7, 11) is 0. The van der Waals surface area contributed by atoms with Gasteiger partial charge in [0.05, 0.1) is 11.4 Å². The van der Waals surface area contributed by atoms with Gasteiger partial charge in [-0.3, -0.25) is 0 Å². The molecule has 0 saturated heterocycles. The summed E-state index contributed by atoms with van der Waals surface area (Å²) < 4.78 is 0. The topological polar surface area (TPSA) is 6.48 Å². The van der Waals surface area contributed by atoms with Gasteiger partial charge in [-0.15, -0.1) is 0 Å². The smallest absolute Gasteiger partial charge is 0.0540 e. The summed E-state index contributed by atoms with van der Waals surface area (Å²) in [5, 5.41) is 5.11.